The average molecular weight is 444 g/mol. The van der Waals surface area contributed by atoms with Gasteiger partial charge in [-0.15, -0.1) is 0 Å². The third kappa shape index (κ3) is 6.93. The second kappa shape index (κ2) is 10.7. The summed E-state index contributed by atoms with van der Waals surface area (Å²) in [5.74, 6) is -4.21. The molecule has 174 valence electrons. The maximum Gasteiger partial charge on any atom is 0.303 e. The lowest BCUT2D eigenvalue weighted by Gasteiger charge is -2.50. The van der Waals surface area contributed by atoms with Gasteiger partial charge >= 0.3 is 23.9 Å². The van der Waals surface area contributed by atoms with E-state index in [4.69, 9.17) is 18.9 Å². The molecule has 2 amide bonds. The molecule has 0 aliphatic heterocycles. The Hall–Kier alpha value is -3.18. The Morgan fingerprint density at radius 2 is 1.00 bits per heavy atom. The zero-order valence-electron chi connectivity index (χ0n) is 18.5. The molecule has 1 rings (SSSR count). The maximum atomic E-state index is 12.2. The Morgan fingerprint density at radius 1 is 0.613 bits per heavy atom. The molecule has 0 aromatic heterocycles. The highest BCUT2D eigenvalue weighted by Crippen LogP contribution is 2.33. The summed E-state index contributed by atoms with van der Waals surface area (Å²) in [6, 6.07) is -2.41. The summed E-state index contributed by atoms with van der Waals surface area (Å²) in [6.45, 7) is 6.78. The summed E-state index contributed by atoms with van der Waals surface area (Å²) in [6.07, 6.45) is -5.50. The van der Waals surface area contributed by atoms with Crippen molar-refractivity contribution < 1.29 is 47.7 Å². The summed E-state index contributed by atoms with van der Waals surface area (Å²) in [7, 11) is 1.36. The first-order valence-corrected chi connectivity index (χ1v) is 9.45. The van der Waals surface area contributed by atoms with E-state index < -0.39 is 72.2 Å². The molecule has 6 atom stereocenters. The maximum absolute atomic E-state index is 12.2. The van der Waals surface area contributed by atoms with Crippen molar-refractivity contribution in [2.45, 2.75) is 78.0 Å². The number of nitrogens with zero attached hydrogens (tertiary/aromatic N) is 1. The molecule has 12 heteroatoms. The standard InChI is InChI=1S/C19H28N2O10/c1-8(22)20-14-16(28-10(3)24)15(21(7)9(2)23)18(30-12(5)26)19(31-13(6)27)17(14)29-11(4)25/h14-19H,1-7H3,(H,20,22)/t14-,15+,16+,17+,18-,19-/m1/s1. The lowest BCUT2D eigenvalue weighted by Crippen LogP contribution is -2.74. The number of esters is 4. The van der Waals surface area contributed by atoms with Gasteiger partial charge in [-0.1, -0.05) is 0 Å². The summed E-state index contributed by atoms with van der Waals surface area (Å²) in [4.78, 5) is 72.6. The van der Waals surface area contributed by atoms with Gasteiger partial charge in [0, 0.05) is 48.6 Å². The van der Waals surface area contributed by atoms with Gasteiger partial charge in [0.15, 0.2) is 18.3 Å². The highest BCUT2D eigenvalue weighted by atomic mass is 16.6. The quantitative estimate of drug-likeness (QED) is 0.402. The van der Waals surface area contributed by atoms with Crippen molar-refractivity contribution in [2.75, 3.05) is 7.05 Å². The van der Waals surface area contributed by atoms with Gasteiger partial charge in [-0.3, -0.25) is 28.8 Å². The third-order valence-electron chi connectivity index (χ3n) is 4.55. The molecule has 0 heterocycles. The zero-order valence-corrected chi connectivity index (χ0v) is 18.5. The largest absolute Gasteiger partial charge is 0.458 e. The Labute approximate surface area is 179 Å². The van der Waals surface area contributed by atoms with E-state index >= 15 is 0 Å². The Kier molecular flexibility index (Phi) is 8.95. The van der Waals surface area contributed by atoms with Crippen LogP contribution >= 0.6 is 0 Å². The number of hydrogen-bond acceptors (Lipinski definition) is 10. The Balaban J connectivity index is 3.77. The lowest BCUT2D eigenvalue weighted by atomic mass is 9.79. The van der Waals surface area contributed by atoms with Crippen LogP contribution in [0.15, 0.2) is 0 Å². The third-order valence-corrected chi connectivity index (χ3v) is 4.55. The van der Waals surface area contributed by atoms with Crippen molar-refractivity contribution in [1.29, 1.82) is 0 Å². The van der Waals surface area contributed by atoms with Gasteiger partial charge in [0.1, 0.15) is 18.2 Å². The minimum Gasteiger partial charge on any atom is -0.458 e. The van der Waals surface area contributed by atoms with Gasteiger partial charge in [-0.2, -0.15) is 0 Å². The minimum absolute atomic E-state index is 0.492. The van der Waals surface area contributed by atoms with E-state index in [0.29, 0.717) is 0 Å². The van der Waals surface area contributed by atoms with Crippen LogP contribution in [0.25, 0.3) is 0 Å². The number of carbonyl (C=O) groups is 6. The lowest BCUT2D eigenvalue weighted by molar-refractivity contribution is -0.221. The molecular formula is C19H28N2O10. The van der Waals surface area contributed by atoms with E-state index in [9.17, 15) is 28.8 Å². The summed E-state index contributed by atoms with van der Waals surface area (Å²) in [5.41, 5.74) is 0. The minimum atomic E-state index is -1.42. The Bertz CT molecular complexity index is 708. The smallest absolute Gasteiger partial charge is 0.303 e. The average Bonchev–Trinajstić information content (AvgIpc) is 2.58. The molecule has 1 saturated carbocycles. The summed E-state index contributed by atoms with van der Waals surface area (Å²) >= 11 is 0. The van der Waals surface area contributed by atoms with Gasteiger partial charge in [0.25, 0.3) is 0 Å². The number of nitrogens with one attached hydrogen (secondary N) is 1. The fraction of sp³-hybridized carbons (Fsp3) is 0.684. The molecule has 1 aliphatic carbocycles. The van der Waals surface area contributed by atoms with Crippen LogP contribution < -0.4 is 5.32 Å². The van der Waals surface area contributed by atoms with Crippen molar-refractivity contribution in [1.82, 2.24) is 10.2 Å². The zero-order chi connectivity index (χ0) is 24.0. The molecule has 0 radical (unpaired) electrons. The number of hydrogen-bond donors (Lipinski definition) is 1. The van der Waals surface area contributed by atoms with Crippen LogP contribution in [0.3, 0.4) is 0 Å². The van der Waals surface area contributed by atoms with Gasteiger partial charge in [0.2, 0.25) is 11.8 Å². The highest BCUT2D eigenvalue weighted by molar-refractivity contribution is 5.76. The summed E-state index contributed by atoms with van der Waals surface area (Å²) in [5, 5.41) is 2.53. The van der Waals surface area contributed by atoms with Crippen LogP contribution in [0.5, 0.6) is 0 Å². The van der Waals surface area contributed by atoms with Crippen molar-refractivity contribution in [3.05, 3.63) is 0 Å². The van der Waals surface area contributed by atoms with Crippen LogP contribution in [-0.4, -0.2) is 84.1 Å². The number of ether oxygens (including phenoxy) is 4. The van der Waals surface area contributed by atoms with Gasteiger partial charge < -0.3 is 29.2 Å². The van der Waals surface area contributed by atoms with Crippen molar-refractivity contribution in [3.63, 3.8) is 0 Å². The molecule has 1 fully saturated rings. The van der Waals surface area contributed by atoms with Crippen LogP contribution in [-0.2, 0) is 47.7 Å². The monoisotopic (exact) mass is 444 g/mol. The van der Waals surface area contributed by atoms with Crippen molar-refractivity contribution in [3.8, 4) is 0 Å². The van der Waals surface area contributed by atoms with Crippen LogP contribution in [0.4, 0.5) is 0 Å². The first kappa shape index (κ1) is 25.9. The van der Waals surface area contributed by atoms with Gasteiger partial charge in [-0.05, 0) is 0 Å². The van der Waals surface area contributed by atoms with Crippen LogP contribution in [0.1, 0.15) is 41.5 Å². The molecule has 31 heavy (non-hydrogen) atoms. The molecule has 0 aromatic rings. The summed E-state index contributed by atoms with van der Waals surface area (Å²) < 4.78 is 21.4. The molecular weight excluding hydrogens is 416 g/mol. The fourth-order valence-electron chi connectivity index (χ4n) is 3.54. The predicted molar refractivity (Wildman–Crippen MR) is 102 cm³/mol. The van der Waals surface area contributed by atoms with Gasteiger partial charge in [0.05, 0.1) is 0 Å². The molecule has 1 N–H and O–H groups in total. The predicted octanol–water partition coefficient (Wildman–Crippen LogP) is -0.922. The second-order valence-corrected chi connectivity index (χ2v) is 7.14. The molecule has 0 spiro atoms. The van der Waals surface area contributed by atoms with E-state index in [1.807, 2.05) is 0 Å². The Morgan fingerprint density at radius 3 is 1.39 bits per heavy atom. The number of amides is 2. The van der Waals surface area contributed by atoms with Crippen molar-refractivity contribution >= 4 is 35.7 Å². The molecule has 1 aliphatic rings. The first-order chi connectivity index (χ1) is 14.3. The molecule has 0 saturated heterocycles. The first-order valence-electron chi connectivity index (χ1n) is 9.45. The SMILES string of the molecule is CC(=O)N[C@H]1[C@H](OC(C)=O)[C@@H](OC(C)=O)[C@H](OC(C)=O)[C@@H](N(C)C(C)=O)[C@H]1OC(C)=O. The fourth-order valence-corrected chi connectivity index (χ4v) is 3.54. The van der Waals surface area contributed by atoms with E-state index in [1.54, 1.807) is 0 Å². The number of likely N-dealkylation sites (N-methyl/N-ethyl adjacent to an activating group) is 1. The molecule has 0 bridgehead atoms. The molecule has 0 aromatic carbocycles. The number of carbonyl (C=O) groups excluding carboxylic acids is 6. The van der Waals surface area contributed by atoms with E-state index in [1.165, 1.54) is 20.9 Å². The highest BCUT2D eigenvalue weighted by Gasteiger charge is 2.59. The van der Waals surface area contributed by atoms with E-state index in [0.717, 1.165) is 32.6 Å². The van der Waals surface area contributed by atoms with Crippen molar-refractivity contribution in [2.24, 2.45) is 0 Å². The molecule has 12 nitrogen and oxygen atoms in total. The van der Waals surface area contributed by atoms with E-state index in [2.05, 4.69) is 5.32 Å². The second-order valence-electron chi connectivity index (χ2n) is 7.14. The van der Waals surface area contributed by atoms with Gasteiger partial charge in [-0.25, -0.2) is 0 Å². The topological polar surface area (TPSA) is 155 Å². The number of rotatable bonds is 6. The molecule has 0 unspecified atom stereocenters. The normalized spacial score (nSPS) is 27.3. The van der Waals surface area contributed by atoms with Crippen LogP contribution in [0, 0.1) is 0 Å². The van der Waals surface area contributed by atoms with Crippen LogP contribution in [0.2, 0.25) is 0 Å². The van der Waals surface area contributed by atoms with E-state index in [-0.39, 0.29) is 0 Å².